The summed E-state index contributed by atoms with van der Waals surface area (Å²) >= 11 is 0. The van der Waals surface area contributed by atoms with E-state index >= 15 is 4.39 Å². The first-order valence-electron chi connectivity index (χ1n) is 12.1. The molecule has 2 fully saturated rings. The van der Waals surface area contributed by atoms with E-state index < -0.39 is 5.67 Å². The highest BCUT2D eigenvalue weighted by Gasteiger charge is 2.55. The maximum atomic E-state index is 16.6. The van der Waals surface area contributed by atoms with Gasteiger partial charge in [-0.05, 0) is 85.5 Å². The minimum absolute atomic E-state index is 0.0186. The van der Waals surface area contributed by atoms with Crippen LogP contribution >= 0.6 is 0 Å². The lowest BCUT2D eigenvalue weighted by Gasteiger charge is -2.51. The molecule has 0 heterocycles. The van der Waals surface area contributed by atoms with Crippen LogP contribution < -0.4 is 4.90 Å². The highest BCUT2D eigenvalue weighted by molar-refractivity contribution is 5.56. The summed E-state index contributed by atoms with van der Waals surface area (Å²) in [6.45, 7) is 12.4. The first kappa shape index (κ1) is 22.8. The maximum absolute atomic E-state index is 16.6. The zero-order valence-corrected chi connectivity index (χ0v) is 19.9. The van der Waals surface area contributed by atoms with Crippen LogP contribution in [0.4, 0.5) is 10.1 Å². The van der Waals surface area contributed by atoms with Gasteiger partial charge in [-0.2, -0.15) is 0 Å². The second-order valence-corrected chi connectivity index (χ2v) is 10.5. The van der Waals surface area contributed by atoms with E-state index in [-0.39, 0.29) is 17.3 Å². The number of rotatable bonds is 4. The van der Waals surface area contributed by atoms with Crippen molar-refractivity contribution in [2.24, 2.45) is 29.1 Å². The van der Waals surface area contributed by atoms with Gasteiger partial charge in [0.15, 0.2) is 0 Å². The van der Waals surface area contributed by atoms with Crippen LogP contribution in [-0.2, 0) is 0 Å². The predicted molar refractivity (Wildman–Crippen MR) is 135 cm³/mol. The van der Waals surface area contributed by atoms with E-state index in [2.05, 4.69) is 67.5 Å². The Morgan fingerprint density at radius 2 is 1.78 bits per heavy atom. The molecule has 170 valence electrons. The summed E-state index contributed by atoms with van der Waals surface area (Å²) in [4.78, 5) is 2.14. The third-order valence-electron chi connectivity index (χ3n) is 8.78. The minimum atomic E-state index is -1.29. The van der Waals surface area contributed by atoms with Crippen molar-refractivity contribution in [3.8, 4) is 0 Å². The number of para-hydroxylation sites is 1. The third kappa shape index (κ3) is 3.93. The molecule has 0 radical (unpaired) electrons. The fraction of sp³-hybridized carbons (Fsp3) is 0.467. The molecular formula is C30H38FN. The van der Waals surface area contributed by atoms with Crippen LogP contribution in [-0.4, -0.2) is 12.7 Å². The van der Waals surface area contributed by atoms with E-state index in [0.29, 0.717) is 18.3 Å². The highest BCUT2D eigenvalue weighted by atomic mass is 19.1. The van der Waals surface area contributed by atoms with Gasteiger partial charge >= 0.3 is 0 Å². The Bertz CT molecular complexity index is 937. The lowest BCUT2D eigenvalue weighted by molar-refractivity contribution is -0.0284. The molecule has 3 aliphatic rings. The fourth-order valence-electron chi connectivity index (χ4n) is 6.93. The average Bonchev–Trinajstić information content (AvgIpc) is 3.14. The van der Waals surface area contributed by atoms with Gasteiger partial charge in [-0.25, -0.2) is 4.39 Å². The van der Waals surface area contributed by atoms with Crippen LogP contribution in [0, 0.1) is 29.1 Å². The lowest BCUT2D eigenvalue weighted by Crippen LogP contribution is -2.47. The van der Waals surface area contributed by atoms with Gasteiger partial charge < -0.3 is 4.90 Å². The number of fused-ring (bicyclic) bond motifs is 3. The zero-order chi connectivity index (χ0) is 22.9. The van der Waals surface area contributed by atoms with Gasteiger partial charge in [0.1, 0.15) is 5.67 Å². The van der Waals surface area contributed by atoms with Crippen molar-refractivity contribution in [2.45, 2.75) is 51.6 Å². The number of alkyl halides is 1. The second-order valence-electron chi connectivity index (χ2n) is 10.5. The Hall–Kier alpha value is -2.35. The molecule has 0 bridgehead atoms. The van der Waals surface area contributed by atoms with Gasteiger partial charge in [0.2, 0.25) is 0 Å². The van der Waals surface area contributed by atoms with Crippen molar-refractivity contribution in [3.63, 3.8) is 0 Å². The molecular weight excluding hydrogens is 393 g/mol. The van der Waals surface area contributed by atoms with Crippen LogP contribution in [0.25, 0.3) is 0 Å². The van der Waals surface area contributed by atoms with E-state index in [9.17, 15) is 0 Å². The van der Waals surface area contributed by atoms with Crippen molar-refractivity contribution in [2.75, 3.05) is 11.9 Å². The number of likely N-dealkylation sites (N-methyl/N-ethyl adjacent to an activating group) is 1. The summed E-state index contributed by atoms with van der Waals surface area (Å²) in [6.07, 6.45) is 17.5. The Morgan fingerprint density at radius 3 is 2.47 bits per heavy atom. The molecule has 0 aliphatic heterocycles. The third-order valence-corrected chi connectivity index (χ3v) is 8.78. The molecule has 0 amide bonds. The molecule has 0 N–H and O–H groups in total. The summed E-state index contributed by atoms with van der Waals surface area (Å²) < 4.78 is 16.6. The summed E-state index contributed by atoms with van der Waals surface area (Å²) in [5, 5.41) is 0. The molecule has 6 atom stereocenters. The van der Waals surface area contributed by atoms with Crippen molar-refractivity contribution in [3.05, 3.63) is 91.2 Å². The van der Waals surface area contributed by atoms with E-state index in [1.54, 1.807) is 0 Å². The SMILES string of the molecule is C=C/C1=C(N(C)c2ccccc2)/C=C/C=C\C2C(CCC3(C)C(C=C)CCC23)C(C)(F)C1. The molecule has 6 unspecified atom stereocenters. The van der Waals surface area contributed by atoms with E-state index in [4.69, 9.17) is 0 Å². The van der Waals surface area contributed by atoms with Crippen LogP contribution in [0.2, 0.25) is 0 Å². The molecule has 1 nitrogen and oxygen atoms in total. The Kier molecular flexibility index (Phi) is 6.34. The first-order chi connectivity index (χ1) is 15.3. The molecule has 2 saturated carbocycles. The molecule has 0 saturated heterocycles. The van der Waals surface area contributed by atoms with Gasteiger partial charge in [0.05, 0.1) is 0 Å². The minimum Gasteiger partial charge on any atom is -0.344 e. The fourth-order valence-corrected chi connectivity index (χ4v) is 6.93. The first-order valence-corrected chi connectivity index (χ1v) is 12.1. The summed E-state index contributed by atoms with van der Waals surface area (Å²) in [5.74, 6) is 1.35. The zero-order valence-electron chi connectivity index (χ0n) is 19.9. The van der Waals surface area contributed by atoms with E-state index in [0.717, 1.165) is 29.8 Å². The van der Waals surface area contributed by atoms with E-state index in [1.807, 2.05) is 38.2 Å². The standard InChI is InChI=1S/C30H38FN/c1-6-22-21-30(4,31)27-19-20-29(3)23(7-2)17-18-26(29)25(27)15-11-12-16-28(22)32(5)24-13-9-8-10-14-24/h6-16,23,25-27H,1-2,17-21H2,3-5H3/b15-11-,16-12+,28-22+. The molecule has 1 aromatic rings. The highest BCUT2D eigenvalue weighted by Crippen LogP contribution is 2.61. The normalized spacial score (nSPS) is 41.1. The number of hydrogen-bond acceptors (Lipinski definition) is 1. The summed E-state index contributed by atoms with van der Waals surface area (Å²) in [5.41, 5.74) is 2.01. The quantitative estimate of drug-likeness (QED) is 0.436. The monoisotopic (exact) mass is 431 g/mol. The van der Waals surface area contributed by atoms with Gasteiger partial charge in [-0.1, -0.05) is 62.1 Å². The largest absolute Gasteiger partial charge is 0.344 e. The molecule has 3 aliphatic carbocycles. The van der Waals surface area contributed by atoms with Crippen molar-refractivity contribution < 1.29 is 4.39 Å². The number of nitrogens with zero attached hydrogens (tertiary/aromatic N) is 1. The van der Waals surface area contributed by atoms with Crippen LogP contribution in [0.1, 0.15) is 46.0 Å². The molecule has 4 rings (SSSR count). The Balaban J connectivity index is 1.73. The van der Waals surface area contributed by atoms with E-state index in [1.165, 1.54) is 12.8 Å². The summed E-state index contributed by atoms with van der Waals surface area (Å²) in [6, 6.07) is 10.2. The van der Waals surface area contributed by atoms with Gasteiger partial charge in [0.25, 0.3) is 0 Å². The summed E-state index contributed by atoms with van der Waals surface area (Å²) in [7, 11) is 2.05. The van der Waals surface area contributed by atoms with Gasteiger partial charge in [0, 0.05) is 24.9 Å². The predicted octanol–water partition coefficient (Wildman–Crippen LogP) is 8.05. The maximum Gasteiger partial charge on any atom is 0.115 e. The number of benzene rings is 1. The number of hydrogen-bond donors (Lipinski definition) is 0. The molecule has 1 aromatic carbocycles. The smallest absolute Gasteiger partial charge is 0.115 e. The van der Waals surface area contributed by atoms with Crippen molar-refractivity contribution in [1.82, 2.24) is 0 Å². The molecule has 0 aromatic heterocycles. The van der Waals surface area contributed by atoms with Crippen molar-refractivity contribution in [1.29, 1.82) is 0 Å². The van der Waals surface area contributed by atoms with Crippen molar-refractivity contribution >= 4 is 5.69 Å². The van der Waals surface area contributed by atoms with Crippen LogP contribution in [0.3, 0.4) is 0 Å². The van der Waals surface area contributed by atoms with Crippen LogP contribution in [0.5, 0.6) is 0 Å². The molecule has 0 spiro atoms. The topological polar surface area (TPSA) is 3.24 Å². The number of allylic oxidation sites excluding steroid dienone is 7. The molecule has 2 heteroatoms. The number of halogens is 1. The number of anilines is 1. The molecule has 32 heavy (non-hydrogen) atoms. The second kappa shape index (κ2) is 8.89. The Labute approximate surface area is 194 Å². The van der Waals surface area contributed by atoms with Crippen LogP contribution in [0.15, 0.2) is 91.2 Å². The lowest BCUT2D eigenvalue weighted by atomic mass is 9.55. The van der Waals surface area contributed by atoms with Gasteiger partial charge in [-0.15, -0.1) is 6.58 Å². The Morgan fingerprint density at radius 1 is 1.03 bits per heavy atom. The van der Waals surface area contributed by atoms with Gasteiger partial charge in [-0.3, -0.25) is 0 Å². The average molecular weight is 432 g/mol.